The lowest BCUT2D eigenvalue weighted by molar-refractivity contribution is 0.404. The number of aromatic nitrogens is 2. The van der Waals surface area contributed by atoms with Gasteiger partial charge in [-0.2, -0.15) is 5.10 Å². The second-order valence-electron chi connectivity index (χ2n) is 3.06. The summed E-state index contributed by atoms with van der Waals surface area (Å²) in [6.45, 7) is 1.03. The van der Waals surface area contributed by atoms with E-state index in [1.807, 2.05) is 0 Å². The molecule has 1 aromatic rings. The number of hydrogen-bond donors (Lipinski definition) is 1. The summed E-state index contributed by atoms with van der Waals surface area (Å²) < 4.78 is 6.81. The Morgan fingerprint density at radius 1 is 1.77 bits per heavy atom. The summed E-state index contributed by atoms with van der Waals surface area (Å²) in [5.41, 5.74) is 0. The molecule has 0 aliphatic carbocycles. The van der Waals surface area contributed by atoms with E-state index in [0.29, 0.717) is 10.9 Å². The lowest BCUT2D eigenvalue weighted by Crippen LogP contribution is -2.20. The summed E-state index contributed by atoms with van der Waals surface area (Å²) in [4.78, 5) is 0. The number of hydrogen-bond acceptors (Lipinski definition) is 3. The molecule has 0 spiro atoms. The van der Waals surface area contributed by atoms with E-state index in [4.69, 9.17) is 16.3 Å². The maximum atomic E-state index is 6.04. The number of nitrogens with zero attached hydrogens (tertiary/aromatic N) is 2. The third kappa shape index (κ3) is 1.51. The van der Waals surface area contributed by atoms with E-state index >= 15 is 0 Å². The second kappa shape index (κ2) is 3.55. The second-order valence-corrected chi connectivity index (χ2v) is 3.42. The molecule has 0 saturated carbocycles. The molecule has 1 aliphatic heterocycles. The molecule has 2 heterocycles. The summed E-state index contributed by atoms with van der Waals surface area (Å²) in [6.07, 6.45) is 4.12. The SMILES string of the molecule is COc1cnn(C2CCCN2)c1Cl. The number of methoxy groups -OCH3 is 1. The van der Waals surface area contributed by atoms with Crippen LogP contribution in [0, 0.1) is 0 Å². The van der Waals surface area contributed by atoms with Crippen molar-refractivity contribution in [3.63, 3.8) is 0 Å². The first-order chi connectivity index (χ1) is 6.33. The van der Waals surface area contributed by atoms with E-state index in [9.17, 15) is 0 Å². The van der Waals surface area contributed by atoms with Gasteiger partial charge in [0.25, 0.3) is 0 Å². The van der Waals surface area contributed by atoms with Gasteiger partial charge in [-0.15, -0.1) is 0 Å². The Bertz CT molecular complexity index is 294. The molecule has 4 nitrogen and oxygen atoms in total. The van der Waals surface area contributed by atoms with Crippen molar-refractivity contribution in [3.8, 4) is 5.75 Å². The minimum absolute atomic E-state index is 0.233. The molecule has 1 fully saturated rings. The van der Waals surface area contributed by atoms with Crippen LogP contribution in [0.4, 0.5) is 0 Å². The third-order valence-corrected chi connectivity index (χ3v) is 2.61. The van der Waals surface area contributed by atoms with Crippen molar-refractivity contribution < 1.29 is 4.74 Å². The van der Waals surface area contributed by atoms with E-state index in [1.165, 1.54) is 6.42 Å². The van der Waals surface area contributed by atoms with E-state index in [0.717, 1.165) is 13.0 Å². The molecule has 1 aromatic heterocycles. The zero-order valence-electron chi connectivity index (χ0n) is 7.46. The Balaban J connectivity index is 2.24. The molecule has 1 atom stereocenters. The van der Waals surface area contributed by atoms with Crippen molar-refractivity contribution in [2.75, 3.05) is 13.7 Å². The van der Waals surface area contributed by atoms with Gasteiger partial charge in [-0.3, -0.25) is 5.32 Å². The topological polar surface area (TPSA) is 39.1 Å². The van der Waals surface area contributed by atoms with Crippen molar-refractivity contribution in [2.24, 2.45) is 0 Å². The fourth-order valence-corrected chi connectivity index (χ4v) is 1.85. The monoisotopic (exact) mass is 201 g/mol. The maximum Gasteiger partial charge on any atom is 0.175 e. The maximum absolute atomic E-state index is 6.04. The zero-order valence-corrected chi connectivity index (χ0v) is 8.21. The zero-order chi connectivity index (χ0) is 9.26. The first kappa shape index (κ1) is 8.84. The Labute approximate surface area is 81.8 Å². The first-order valence-electron chi connectivity index (χ1n) is 4.33. The van der Waals surface area contributed by atoms with Crippen LogP contribution in [0.3, 0.4) is 0 Å². The van der Waals surface area contributed by atoms with Crippen LogP contribution in [0.15, 0.2) is 6.20 Å². The van der Waals surface area contributed by atoms with E-state index in [1.54, 1.807) is 18.0 Å². The molecular weight excluding hydrogens is 190 g/mol. The van der Waals surface area contributed by atoms with Crippen molar-refractivity contribution in [2.45, 2.75) is 19.0 Å². The number of halogens is 1. The Morgan fingerprint density at radius 3 is 3.15 bits per heavy atom. The Hall–Kier alpha value is -0.740. The van der Waals surface area contributed by atoms with Crippen molar-refractivity contribution in [1.29, 1.82) is 0 Å². The molecule has 13 heavy (non-hydrogen) atoms. The van der Waals surface area contributed by atoms with Gasteiger partial charge in [0.1, 0.15) is 6.17 Å². The van der Waals surface area contributed by atoms with Crippen LogP contribution >= 0.6 is 11.6 Å². The summed E-state index contributed by atoms with van der Waals surface area (Å²) in [5, 5.41) is 8.05. The smallest absolute Gasteiger partial charge is 0.175 e. The minimum atomic E-state index is 0.233. The Morgan fingerprint density at radius 2 is 2.62 bits per heavy atom. The van der Waals surface area contributed by atoms with Crippen molar-refractivity contribution >= 4 is 11.6 Å². The van der Waals surface area contributed by atoms with E-state index < -0.39 is 0 Å². The van der Waals surface area contributed by atoms with Gasteiger partial charge in [0.15, 0.2) is 10.9 Å². The molecule has 1 unspecified atom stereocenters. The minimum Gasteiger partial charge on any atom is -0.492 e. The fourth-order valence-electron chi connectivity index (χ4n) is 1.56. The molecule has 1 aliphatic rings. The average molecular weight is 202 g/mol. The molecule has 0 amide bonds. The molecule has 1 saturated heterocycles. The van der Waals surface area contributed by atoms with Crippen molar-refractivity contribution in [1.82, 2.24) is 15.1 Å². The highest BCUT2D eigenvalue weighted by molar-refractivity contribution is 6.31. The molecule has 0 radical (unpaired) electrons. The summed E-state index contributed by atoms with van der Waals surface area (Å²) in [7, 11) is 1.59. The molecular formula is C8H12ClN3O. The summed E-state index contributed by atoms with van der Waals surface area (Å²) in [6, 6.07) is 0. The summed E-state index contributed by atoms with van der Waals surface area (Å²) in [5.74, 6) is 0.635. The molecule has 0 bridgehead atoms. The number of nitrogens with one attached hydrogen (secondary N) is 1. The van der Waals surface area contributed by atoms with Crippen LogP contribution in [-0.4, -0.2) is 23.4 Å². The highest BCUT2D eigenvalue weighted by Gasteiger charge is 2.20. The van der Waals surface area contributed by atoms with Gasteiger partial charge < -0.3 is 4.74 Å². The van der Waals surface area contributed by atoms with E-state index in [2.05, 4.69) is 10.4 Å². The van der Waals surface area contributed by atoms with Crippen LogP contribution in [-0.2, 0) is 0 Å². The van der Waals surface area contributed by atoms with Crippen LogP contribution in [0.5, 0.6) is 5.75 Å². The molecule has 1 N–H and O–H groups in total. The van der Waals surface area contributed by atoms with Crippen molar-refractivity contribution in [3.05, 3.63) is 11.3 Å². The van der Waals surface area contributed by atoms with Gasteiger partial charge >= 0.3 is 0 Å². The summed E-state index contributed by atoms with van der Waals surface area (Å²) >= 11 is 6.04. The lowest BCUT2D eigenvalue weighted by atomic mass is 10.3. The molecule has 72 valence electrons. The van der Waals surface area contributed by atoms with Gasteiger partial charge in [0.2, 0.25) is 0 Å². The van der Waals surface area contributed by atoms with Crippen LogP contribution in [0.25, 0.3) is 0 Å². The predicted molar refractivity (Wildman–Crippen MR) is 50.1 cm³/mol. The van der Waals surface area contributed by atoms with Gasteiger partial charge in [-0.1, -0.05) is 11.6 Å². The Kier molecular flexibility index (Phi) is 2.42. The van der Waals surface area contributed by atoms with Gasteiger partial charge in [0.05, 0.1) is 13.3 Å². The lowest BCUT2D eigenvalue weighted by Gasteiger charge is -2.11. The van der Waals surface area contributed by atoms with Crippen LogP contribution in [0.2, 0.25) is 5.15 Å². The standard InChI is InChI=1S/C8H12ClN3O/c1-13-6-5-11-12(8(6)9)7-3-2-4-10-7/h5,7,10H,2-4H2,1H3. The molecule has 0 aromatic carbocycles. The normalized spacial score (nSPS) is 22.2. The van der Waals surface area contributed by atoms with E-state index in [-0.39, 0.29) is 6.17 Å². The quantitative estimate of drug-likeness (QED) is 0.787. The fraction of sp³-hybridized carbons (Fsp3) is 0.625. The molecule has 5 heteroatoms. The highest BCUT2D eigenvalue weighted by atomic mass is 35.5. The molecule has 2 rings (SSSR count). The number of ether oxygens (including phenoxy) is 1. The predicted octanol–water partition coefficient (Wildman–Crippen LogP) is 1.43. The average Bonchev–Trinajstić information content (AvgIpc) is 2.72. The van der Waals surface area contributed by atoms with Gasteiger partial charge in [-0.25, -0.2) is 4.68 Å². The highest BCUT2D eigenvalue weighted by Crippen LogP contribution is 2.28. The van der Waals surface area contributed by atoms with Crippen LogP contribution < -0.4 is 10.1 Å². The largest absolute Gasteiger partial charge is 0.492 e. The van der Waals surface area contributed by atoms with Gasteiger partial charge in [-0.05, 0) is 19.4 Å². The third-order valence-electron chi connectivity index (χ3n) is 2.25. The first-order valence-corrected chi connectivity index (χ1v) is 4.71. The van der Waals surface area contributed by atoms with Crippen LogP contribution in [0.1, 0.15) is 19.0 Å². The van der Waals surface area contributed by atoms with Gasteiger partial charge in [0, 0.05) is 0 Å². The number of rotatable bonds is 2.